The Morgan fingerprint density at radius 1 is 1.11 bits per heavy atom. The maximum Gasteiger partial charge on any atom is 0.254 e. The van der Waals surface area contributed by atoms with E-state index in [1.807, 2.05) is 55.1 Å². The lowest BCUT2D eigenvalue weighted by molar-refractivity contribution is -0.107. The molecule has 0 unspecified atom stereocenters. The fourth-order valence-electron chi connectivity index (χ4n) is 3.60. The molecule has 1 aliphatic rings. The van der Waals surface area contributed by atoms with Gasteiger partial charge in [0, 0.05) is 38.2 Å². The fraction of sp³-hybridized carbons (Fsp3) is 0.318. The topological polar surface area (TPSA) is 64.4 Å². The molecule has 1 heterocycles. The summed E-state index contributed by atoms with van der Waals surface area (Å²) in [7, 11) is 0. The van der Waals surface area contributed by atoms with Gasteiger partial charge in [0.2, 0.25) is 0 Å². The average Bonchev–Trinajstić information content (AvgIpc) is 2.69. The van der Waals surface area contributed by atoms with Gasteiger partial charge < -0.3 is 14.6 Å². The Bertz CT molecular complexity index is 906. The van der Waals surface area contributed by atoms with Gasteiger partial charge in [-0.05, 0) is 48.7 Å². The Kier molecular flexibility index (Phi) is 5.56. The van der Waals surface area contributed by atoms with Gasteiger partial charge in [-0.15, -0.1) is 0 Å². The summed E-state index contributed by atoms with van der Waals surface area (Å²) in [5.74, 6) is 0.00728. The quantitative estimate of drug-likeness (QED) is 0.786. The number of rotatable bonds is 4. The number of nitrogens with zero attached hydrogens (tertiary/aromatic N) is 3. The fourth-order valence-corrected chi connectivity index (χ4v) is 3.60. The lowest BCUT2D eigenvalue weighted by Crippen LogP contribution is -2.49. The van der Waals surface area contributed by atoms with Gasteiger partial charge in [-0.2, -0.15) is 5.26 Å². The van der Waals surface area contributed by atoms with E-state index in [-0.39, 0.29) is 5.91 Å². The monoisotopic (exact) mass is 361 g/mol. The molecule has 0 bridgehead atoms. The number of nitriles is 1. The molecular weight excluding hydrogens is 338 g/mol. The lowest BCUT2D eigenvalue weighted by atomic mass is 9.97. The molecule has 0 radical (unpaired) electrons. The zero-order chi connectivity index (χ0) is 19.4. The molecule has 0 atom stereocenters. The summed E-state index contributed by atoms with van der Waals surface area (Å²) in [6.45, 7) is 6.49. The number of piperazine rings is 1. The summed E-state index contributed by atoms with van der Waals surface area (Å²) in [5.41, 5.74) is 5.12. The van der Waals surface area contributed by atoms with Gasteiger partial charge >= 0.3 is 0 Å². The first-order valence-corrected chi connectivity index (χ1v) is 9.12. The van der Waals surface area contributed by atoms with Crippen molar-refractivity contribution in [2.45, 2.75) is 20.3 Å². The van der Waals surface area contributed by atoms with E-state index in [1.54, 1.807) is 0 Å². The van der Waals surface area contributed by atoms with Crippen LogP contribution >= 0.6 is 0 Å². The first-order valence-electron chi connectivity index (χ1n) is 9.12. The van der Waals surface area contributed by atoms with Gasteiger partial charge in [0.05, 0.1) is 11.3 Å². The molecule has 1 amide bonds. The normalized spacial score (nSPS) is 14.0. The van der Waals surface area contributed by atoms with Gasteiger partial charge in [0.25, 0.3) is 5.91 Å². The predicted molar refractivity (Wildman–Crippen MR) is 105 cm³/mol. The number of anilines is 1. The zero-order valence-corrected chi connectivity index (χ0v) is 15.7. The van der Waals surface area contributed by atoms with Crippen molar-refractivity contribution in [3.63, 3.8) is 0 Å². The number of benzene rings is 2. The van der Waals surface area contributed by atoms with Crippen LogP contribution in [0.25, 0.3) is 0 Å². The molecule has 2 aromatic rings. The minimum atomic E-state index is 0.00728. The van der Waals surface area contributed by atoms with Gasteiger partial charge in [0.15, 0.2) is 0 Å². The van der Waals surface area contributed by atoms with E-state index < -0.39 is 0 Å². The van der Waals surface area contributed by atoms with E-state index in [2.05, 4.69) is 11.0 Å². The van der Waals surface area contributed by atoms with Crippen LogP contribution in [0.15, 0.2) is 36.4 Å². The molecular formula is C22H23N3O2. The Labute approximate surface area is 159 Å². The molecule has 138 valence electrons. The highest BCUT2D eigenvalue weighted by Crippen LogP contribution is 2.23. The Hall–Kier alpha value is -3.13. The Balaban J connectivity index is 1.75. The van der Waals surface area contributed by atoms with Crippen LogP contribution in [0.2, 0.25) is 0 Å². The van der Waals surface area contributed by atoms with E-state index in [1.165, 1.54) is 0 Å². The number of para-hydroxylation sites is 1. The smallest absolute Gasteiger partial charge is 0.254 e. The number of hydrogen-bond donors (Lipinski definition) is 0. The SMILES string of the molecule is Cc1cc(C)c(C(=O)N2CCN(c3ccccc3C#N)CC2)cc1CC=O. The molecule has 5 nitrogen and oxygen atoms in total. The molecule has 3 rings (SSSR count). The third kappa shape index (κ3) is 3.85. The Morgan fingerprint density at radius 3 is 2.48 bits per heavy atom. The number of amides is 1. The van der Waals surface area contributed by atoms with Crippen molar-refractivity contribution in [2.24, 2.45) is 0 Å². The van der Waals surface area contributed by atoms with Crippen molar-refractivity contribution in [2.75, 3.05) is 31.1 Å². The third-order valence-electron chi connectivity index (χ3n) is 5.15. The average molecular weight is 361 g/mol. The minimum Gasteiger partial charge on any atom is -0.367 e. The van der Waals surface area contributed by atoms with Crippen molar-refractivity contribution in [1.29, 1.82) is 5.26 Å². The highest BCUT2D eigenvalue weighted by Gasteiger charge is 2.24. The molecule has 0 aromatic heterocycles. The highest BCUT2D eigenvalue weighted by atomic mass is 16.2. The summed E-state index contributed by atoms with van der Waals surface area (Å²) in [4.78, 5) is 27.9. The Morgan fingerprint density at radius 2 is 1.81 bits per heavy atom. The van der Waals surface area contributed by atoms with Crippen LogP contribution in [0.4, 0.5) is 5.69 Å². The van der Waals surface area contributed by atoms with Gasteiger partial charge in [0.1, 0.15) is 12.4 Å². The highest BCUT2D eigenvalue weighted by molar-refractivity contribution is 5.96. The molecule has 1 fully saturated rings. The molecule has 27 heavy (non-hydrogen) atoms. The van der Waals surface area contributed by atoms with Gasteiger partial charge in [-0.1, -0.05) is 18.2 Å². The van der Waals surface area contributed by atoms with Crippen LogP contribution in [0.1, 0.15) is 32.6 Å². The largest absolute Gasteiger partial charge is 0.367 e. The number of hydrogen-bond acceptors (Lipinski definition) is 4. The number of carbonyl (C=O) groups excluding carboxylic acids is 2. The maximum atomic E-state index is 13.0. The van der Waals surface area contributed by atoms with Crippen molar-refractivity contribution in [3.8, 4) is 6.07 Å². The van der Waals surface area contributed by atoms with Crippen LogP contribution in [0, 0.1) is 25.2 Å². The second kappa shape index (κ2) is 8.05. The van der Waals surface area contributed by atoms with Crippen LogP contribution < -0.4 is 4.90 Å². The first kappa shape index (κ1) is 18.7. The van der Waals surface area contributed by atoms with Gasteiger partial charge in [-0.3, -0.25) is 4.79 Å². The van der Waals surface area contributed by atoms with Crippen molar-refractivity contribution >= 4 is 17.9 Å². The summed E-state index contributed by atoms with van der Waals surface area (Å²) in [5, 5.41) is 9.29. The van der Waals surface area contributed by atoms with Crippen LogP contribution in [0.3, 0.4) is 0 Å². The summed E-state index contributed by atoms with van der Waals surface area (Å²) in [6.07, 6.45) is 1.20. The lowest BCUT2D eigenvalue weighted by Gasteiger charge is -2.36. The van der Waals surface area contributed by atoms with Crippen LogP contribution in [-0.4, -0.2) is 43.3 Å². The van der Waals surface area contributed by atoms with E-state index >= 15 is 0 Å². The molecule has 5 heteroatoms. The van der Waals surface area contributed by atoms with Crippen LogP contribution in [0.5, 0.6) is 0 Å². The summed E-state index contributed by atoms with van der Waals surface area (Å²) < 4.78 is 0. The molecule has 0 saturated carbocycles. The van der Waals surface area contributed by atoms with Crippen molar-refractivity contribution in [3.05, 3.63) is 64.2 Å². The second-order valence-electron chi connectivity index (χ2n) is 6.87. The zero-order valence-electron chi connectivity index (χ0n) is 15.7. The summed E-state index contributed by atoms with van der Waals surface area (Å²) >= 11 is 0. The van der Waals surface area contributed by atoms with E-state index in [0.717, 1.165) is 28.7 Å². The number of carbonyl (C=O) groups is 2. The predicted octanol–water partition coefficient (Wildman–Crippen LogP) is 2.88. The molecule has 1 saturated heterocycles. The van der Waals surface area contributed by atoms with Crippen LogP contribution in [-0.2, 0) is 11.2 Å². The summed E-state index contributed by atoms with van der Waals surface area (Å²) in [6, 6.07) is 13.6. The van der Waals surface area contributed by atoms with E-state index in [4.69, 9.17) is 0 Å². The standard InChI is InChI=1S/C22H23N3O2/c1-16-13-17(2)20(14-18(16)7-12-26)22(27)25-10-8-24(9-11-25)21-6-4-3-5-19(21)15-23/h3-6,12-14H,7-11H2,1-2H3. The number of aldehydes is 1. The van der Waals surface area contributed by atoms with E-state index in [9.17, 15) is 14.9 Å². The molecule has 2 aromatic carbocycles. The van der Waals surface area contributed by atoms with E-state index in [0.29, 0.717) is 43.7 Å². The second-order valence-corrected chi connectivity index (χ2v) is 6.87. The first-order chi connectivity index (χ1) is 13.0. The molecule has 0 N–H and O–H groups in total. The van der Waals surface area contributed by atoms with Gasteiger partial charge in [-0.25, -0.2) is 0 Å². The molecule has 1 aliphatic heterocycles. The molecule has 0 spiro atoms. The minimum absolute atomic E-state index is 0.00728. The molecule has 0 aliphatic carbocycles. The third-order valence-corrected chi connectivity index (χ3v) is 5.15. The number of aryl methyl sites for hydroxylation is 2. The van der Waals surface area contributed by atoms with Crippen molar-refractivity contribution < 1.29 is 9.59 Å². The van der Waals surface area contributed by atoms with Crippen molar-refractivity contribution in [1.82, 2.24) is 4.90 Å². The maximum absolute atomic E-state index is 13.0.